The normalized spacial score (nSPS) is 11.4. The predicted octanol–water partition coefficient (Wildman–Crippen LogP) is 2.45. The van der Waals surface area contributed by atoms with Crippen LogP contribution in [0.1, 0.15) is 37.8 Å². The summed E-state index contributed by atoms with van der Waals surface area (Å²) in [7, 11) is 0. The summed E-state index contributed by atoms with van der Waals surface area (Å²) in [6.45, 7) is 6.94. The van der Waals surface area contributed by atoms with Crippen molar-refractivity contribution >= 4 is 5.91 Å². The fourth-order valence-corrected chi connectivity index (χ4v) is 1.92. The van der Waals surface area contributed by atoms with Crippen LogP contribution in [0.25, 0.3) is 0 Å². The van der Waals surface area contributed by atoms with Crippen molar-refractivity contribution < 1.29 is 9.90 Å². The second kappa shape index (κ2) is 7.29. The summed E-state index contributed by atoms with van der Waals surface area (Å²) in [5, 5.41) is 12.1. The van der Waals surface area contributed by atoms with Gasteiger partial charge in [-0.2, -0.15) is 0 Å². The molecule has 1 aromatic rings. The molecule has 0 aliphatic heterocycles. The fraction of sp³-hybridized carbons (Fsp3) is 0.562. The van der Waals surface area contributed by atoms with E-state index in [1.807, 2.05) is 45.0 Å². The zero-order valence-corrected chi connectivity index (χ0v) is 12.2. The third kappa shape index (κ3) is 5.88. The number of hydrogen-bond donors (Lipinski definition) is 2. The van der Waals surface area contributed by atoms with Crippen LogP contribution < -0.4 is 5.32 Å². The lowest BCUT2D eigenvalue weighted by molar-refractivity contribution is -0.120. The third-order valence-corrected chi connectivity index (χ3v) is 3.39. The highest BCUT2D eigenvalue weighted by Gasteiger charge is 2.15. The van der Waals surface area contributed by atoms with Crippen molar-refractivity contribution in [3.8, 4) is 0 Å². The van der Waals surface area contributed by atoms with Crippen molar-refractivity contribution in [2.75, 3.05) is 13.2 Å². The maximum Gasteiger partial charge on any atom is 0.224 e. The van der Waals surface area contributed by atoms with Crippen LogP contribution in [0.2, 0.25) is 0 Å². The van der Waals surface area contributed by atoms with E-state index >= 15 is 0 Å². The molecule has 0 atom stereocenters. The van der Waals surface area contributed by atoms with Gasteiger partial charge in [0.25, 0.3) is 0 Å². The number of hydrogen-bond acceptors (Lipinski definition) is 2. The van der Waals surface area contributed by atoms with Gasteiger partial charge in [-0.3, -0.25) is 4.79 Å². The molecule has 0 saturated carbocycles. The van der Waals surface area contributed by atoms with Crippen LogP contribution in [0.3, 0.4) is 0 Å². The van der Waals surface area contributed by atoms with E-state index in [0.29, 0.717) is 13.0 Å². The lowest BCUT2D eigenvalue weighted by atomic mass is 9.89. The molecule has 1 aromatic carbocycles. The highest BCUT2D eigenvalue weighted by Crippen LogP contribution is 2.20. The number of carbonyl (C=O) groups is 1. The minimum atomic E-state index is -0.0548. The molecular weight excluding hydrogens is 238 g/mol. The van der Waals surface area contributed by atoms with E-state index in [2.05, 4.69) is 5.32 Å². The quantitative estimate of drug-likeness (QED) is 0.742. The van der Waals surface area contributed by atoms with Crippen molar-refractivity contribution in [2.45, 2.75) is 40.0 Å². The zero-order chi connectivity index (χ0) is 14.3. The lowest BCUT2D eigenvalue weighted by Gasteiger charge is -2.21. The van der Waals surface area contributed by atoms with Gasteiger partial charge in [-0.15, -0.1) is 0 Å². The van der Waals surface area contributed by atoms with E-state index in [0.717, 1.165) is 24.0 Å². The Morgan fingerprint density at radius 3 is 2.63 bits per heavy atom. The number of aliphatic hydroxyl groups excluding tert-OH is 1. The number of nitrogens with one attached hydrogen (secondary N) is 1. The first-order chi connectivity index (χ1) is 8.94. The molecule has 2 N–H and O–H groups in total. The predicted molar refractivity (Wildman–Crippen MR) is 78.0 cm³/mol. The Morgan fingerprint density at radius 2 is 2.00 bits per heavy atom. The van der Waals surface area contributed by atoms with E-state index in [9.17, 15) is 4.79 Å². The van der Waals surface area contributed by atoms with E-state index in [1.54, 1.807) is 0 Å². The summed E-state index contributed by atoms with van der Waals surface area (Å²) < 4.78 is 0. The van der Waals surface area contributed by atoms with Gasteiger partial charge in [0.15, 0.2) is 0 Å². The number of aryl methyl sites for hydroxylation is 1. The number of rotatable bonds is 7. The van der Waals surface area contributed by atoms with Gasteiger partial charge in [0.1, 0.15) is 0 Å². The Kier molecular flexibility index (Phi) is 6.03. The van der Waals surface area contributed by atoms with Gasteiger partial charge >= 0.3 is 0 Å². The topological polar surface area (TPSA) is 49.3 Å². The SMILES string of the molecule is Cc1ccccc1CC(=O)NCCCC(C)(C)CO. The first-order valence-electron chi connectivity index (χ1n) is 6.87. The van der Waals surface area contributed by atoms with E-state index in [4.69, 9.17) is 5.11 Å². The Bertz CT molecular complexity index is 413. The Morgan fingerprint density at radius 1 is 1.32 bits per heavy atom. The summed E-state index contributed by atoms with van der Waals surface area (Å²) in [6.07, 6.45) is 2.25. The molecule has 19 heavy (non-hydrogen) atoms. The summed E-state index contributed by atoms with van der Waals surface area (Å²) in [4.78, 5) is 11.8. The van der Waals surface area contributed by atoms with Crippen LogP contribution in [-0.2, 0) is 11.2 Å². The molecule has 0 fully saturated rings. The molecule has 0 heterocycles. The van der Waals surface area contributed by atoms with Crippen LogP contribution in [0.5, 0.6) is 0 Å². The maximum atomic E-state index is 11.8. The summed E-state index contributed by atoms with van der Waals surface area (Å²) in [5.74, 6) is 0.0658. The molecule has 3 nitrogen and oxygen atoms in total. The molecule has 0 saturated heterocycles. The van der Waals surface area contributed by atoms with E-state index in [1.165, 1.54) is 0 Å². The third-order valence-electron chi connectivity index (χ3n) is 3.39. The van der Waals surface area contributed by atoms with Crippen LogP contribution in [0.15, 0.2) is 24.3 Å². The minimum absolute atomic E-state index is 0.0548. The van der Waals surface area contributed by atoms with Gasteiger partial charge in [0.05, 0.1) is 6.42 Å². The first-order valence-corrected chi connectivity index (χ1v) is 6.87. The van der Waals surface area contributed by atoms with Crippen molar-refractivity contribution in [1.82, 2.24) is 5.32 Å². The molecule has 3 heteroatoms. The van der Waals surface area contributed by atoms with Gasteiger partial charge in [0, 0.05) is 13.2 Å². The molecule has 0 bridgehead atoms. The van der Waals surface area contributed by atoms with Crippen molar-refractivity contribution in [3.05, 3.63) is 35.4 Å². The smallest absolute Gasteiger partial charge is 0.224 e. The van der Waals surface area contributed by atoms with E-state index in [-0.39, 0.29) is 17.9 Å². The summed E-state index contributed by atoms with van der Waals surface area (Å²) in [6, 6.07) is 7.95. The Labute approximate surface area is 116 Å². The zero-order valence-electron chi connectivity index (χ0n) is 12.2. The van der Waals surface area contributed by atoms with Gasteiger partial charge in [-0.25, -0.2) is 0 Å². The van der Waals surface area contributed by atoms with E-state index < -0.39 is 0 Å². The minimum Gasteiger partial charge on any atom is -0.396 e. The van der Waals surface area contributed by atoms with Crippen LogP contribution in [0, 0.1) is 12.3 Å². The largest absolute Gasteiger partial charge is 0.396 e. The Hall–Kier alpha value is -1.35. The average molecular weight is 263 g/mol. The summed E-state index contributed by atoms with van der Waals surface area (Å²) in [5.41, 5.74) is 2.18. The van der Waals surface area contributed by atoms with Gasteiger partial charge in [-0.1, -0.05) is 38.1 Å². The van der Waals surface area contributed by atoms with Crippen LogP contribution in [-0.4, -0.2) is 24.2 Å². The molecule has 0 aliphatic carbocycles. The molecule has 0 radical (unpaired) electrons. The first kappa shape index (κ1) is 15.7. The maximum absolute atomic E-state index is 11.8. The van der Waals surface area contributed by atoms with Gasteiger partial charge in [0.2, 0.25) is 5.91 Å². The standard InChI is InChI=1S/C16H25NO2/c1-13-7-4-5-8-14(13)11-15(19)17-10-6-9-16(2,3)12-18/h4-5,7-8,18H,6,9-12H2,1-3H3,(H,17,19). The summed E-state index contributed by atoms with van der Waals surface area (Å²) >= 11 is 0. The second-order valence-corrected chi connectivity index (χ2v) is 5.88. The van der Waals surface area contributed by atoms with Crippen LogP contribution in [0.4, 0.5) is 0 Å². The molecule has 1 amide bonds. The molecule has 0 unspecified atom stereocenters. The molecule has 0 spiro atoms. The number of aliphatic hydroxyl groups is 1. The molecular formula is C16H25NO2. The average Bonchev–Trinajstić information content (AvgIpc) is 2.38. The van der Waals surface area contributed by atoms with Crippen LogP contribution >= 0.6 is 0 Å². The highest BCUT2D eigenvalue weighted by atomic mass is 16.3. The monoisotopic (exact) mass is 263 g/mol. The number of benzene rings is 1. The molecule has 0 aromatic heterocycles. The fourth-order valence-electron chi connectivity index (χ4n) is 1.92. The van der Waals surface area contributed by atoms with Gasteiger partial charge < -0.3 is 10.4 Å². The number of carbonyl (C=O) groups excluding carboxylic acids is 1. The van der Waals surface area contributed by atoms with Crippen molar-refractivity contribution in [2.24, 2.45) is 5.41 Å². The highest BCUT2D eigenvalue weighted by molar-refractivity contribution is 5.78. The van der Waals surface area contributed by atoms with Gasteiger partial charge in [-0.05, 0) is 36.3 Å². The van der Waals surface area contributed by atoms with Crippen molar-refractivity contribution in [3.63, 3.8) is 0 Å². The molecule has 106 valence electrons. The lowest BCUT2D eigenvalue weighted by Crippen LogP contribution is -2.27. The molecule has 1 rings (SSSR count). The second-order valence-electron chi connectivity index (χ2n) is 5.88. The molecule has 0 aliphatic rings. The number of amides is 1. The van der Waals surface area contributed by atoms with Crippen molar-refractivity contribution in [1.29, 1.82) is 0 Å². The Balaban J connectivity index is 2.28.